The lowest BCUT2D eigenvalue weighted by Gasteiger charge is -2.22. The van der Waals surface area contributed by atoms with Gasteiger partial charge in [-0.25, -0.2) is 0 Å². The van der Waals surface area contributed by atoms with E-state index >= 15 is 0 Å². The minimum atomic E-state index is -1.28. The Balaban J connectivity index is 4.72. The molecule has 1 amide bonds. The van der Waals surface area contributed by atoms with Crippen molar-refractivity contribution in [1.29, 1.82) is 0 Å². The number of carbonyl (C=O) groups excluding carboxylic acids is 2. The van der Waals surface area contributed by atoms with Crippen molar-refractivity contribution in [3.05, 3.63) is 0 Å². The molecule has 0 aromatic rings. The van der Waals surface area contributed by atoms with Crippen LogP contribution >= 0.6 is 0 Å². The number of amides is 1. The number of aldehydes is 1. The number of carbonyl (C=O) groups is 2. The Morgan fingerprint density at radius 1 is 1.16 bits per heavy atom. The first-order valence-corrected chi connectivity index (χ1v) is 5.97. The number of azo groups is 1. The van der Waals surface area contributed by atoms with Crippen LogP contribution in [0.1, 0.15) is 20.8 Å². The molecule has 8 heteroatoms. The van der Waals surface area contributed by atoms with Gasteiger partial charge < -0.3 is 15.5 Å². The second kappa shape index (κ2) is 7.93. The van der Waals surface area contributed by atoms with E-state index in [4.69, 9.17) is 10.2 Å². The molecule has 8 nitrogen and oxygen atoms in total. The van der Waals surface area contributed by atoms with E-state index < -0.39 is 17.1 Å². The molecule has 4 N–H and O–H groups in total. The number of aliphatic hydroxyl groups is 2. The number of hydrogen-bond acceptors (Lipinski definition) is 7. The molecule has 0 radical (unpaired) electrons. The molecule has 19 heavy (non-hydrogen) atoms. The molecule has 0 saturated carbocycles. The van der Waals surface area contributed by atoms with E-state index in [1.165, 1.54) is 6.92 Å². The highest BCUT2D eigenvalue weighted by molar-refractivity contribution is 5.85. The number of aliphatic hydroxyl groups excluding tert-OH is 2. The molecule has 0 rings (SSSR count). The minimum Gasteiger partial charge on any atom is -0.395 e. The fourth-order valence-electron chi connectivity index (χ4n) is 1.07. The molecule has 1 unspecified atom stereocenters. The third-order valence-corrected chi connectivity index (χ3v) is 2.28. The second-order valence-electron chi connectivity index (χ2n) is 4.65. The van der Waals surface area contributed by atoms with Crippen molar-refractivity contribution in [3.63, 3.8) is 0 Å². The van der Waals surface area contributed by atoms with Crippen LogP contribution in [0.5, 0.6) is 0 Å². The summed E-state index contributed by atoms with van der Waals surface area (Å²) >= 11 is 0. The van der Waals surface area contributed by atoms with E-state index in [0.29, 0.717) is 6.29 Å². The molecular formula is C11H22N4O4. The Morgan fingerprint density at radius 3 is 2.21 bits per heavy atom. The van der Waals surface area contributed by atoms with E-state index in [1.54, 1.807) is 13.8 Å². The van der Waals surface area contributed by atoms with Crippen molar-refractivity contribution < 1.29 is 19.8 Å². The fourth-order valence-corrected chi connectivity index (χ4v) is 1.07. The summed E-state index contributed by atoms with van der Waals surface area (Å²) in [7, 11) is 0. The normalized spacial score (nSPS) is 15.2. The predicted molar refractivity (Wildman–Crippen MR) is 68.6 cm³/mol. The van der Waals surface area contributed by atoms with Gasteiger partial charge in [0.15, 0.2) is 17.5 Å². The van der Waals surface area contributed by atoms with Crippen LogP contribution in [-0.4, -0.2) is 59.9 Å². The second-order valence-corrected chi connectivity index (χ2v) is 4.65. The summed E-state index contributed by atoms with van der Waals surface area (Å²) in [4.78, 5) is 22.7. The number of hydrogen-bond donors (Lipinski definition) is 4. The van der Waals surface area contributed by atoms with Crippen LogP contribution in [0, 0.1) is 0 Å². The molecule has 0 aromatic carbocycles. The van der Waals surface area contributed by atoms with Gasteiger partial charge >= 0.3 is 0 Å². The lowest BCUT2D eigenvalue weighted by molar-refractivity contribution is -0.125. The lowest BCUT2D eigenvalue weighted by atomic mass is 10.1. The maximum absolute atomic E-state index is 11.7. The van der Waals surface area contributed by atoms with Crippen LogP contribution in [-0.2, 0) is 9.59 Å². The van der Waals surface area contributed by atoms with Crippen LogP contribution in [0.25, 0.3) is 0 Å². The molecule has 110 valence electrons. The van der Waals surface area contributed by atoms with Gasteiger partial charge in [-0.15, -0.1) is 0 Å². The quantitative estimate of drug-likeness (QED) is 0.311. The third kappa shape index (κ3) is 6.37. The van der Waals surface area contributed by atoms with Gasteiger partial charge in [-0.05, 0) is 20.8 Å². The summed E-state index contributed by atoms with van der Waals surface area (Å²) < 4.78 is 0. The zero-order valence-corrected chi connectivity index (χ0v) is 11.5. The molecule has 1 atom stereocenters. The van der Waals surface area contributed by atoms with Crippen LogP contribution in [0.2, 0.25) is 0 Å². The zero-order chi connectivity index (χ0) is 14.9. The van der Waals surface area contributed by atoms with E-state index in [1.807, 2.05) is 0 Å². The van der Waals surface area contributed by atoms with Gasteiger partial charge in [-0.1, -0.05) is 0 Å². The first-order chi connectivity index (χ1) is 8.81. The smallest absolute Gasteiger partial charge is 0.249 e. The highest BCUT2D eigenvalue weighted by atomic mass is 16.3. The first-order valence-electron chi connectivity index (χ1n) is 5.97. The molecule has 0 aliphatic rings. The zero-order valence-electron chi connectivity index (χ0n) is 11.5. The van der Waals surface area contributed by atoms with Gasteiger partial charge in [-0.3, -0.25) is 14.9 Å². The molecule has 0 bridgehead atoms. The summed E-state index contributed by atoms with van der Waals surface area (Å²) in [6, 6.07) is 0. The van der Waals surface area contributed by atoms with Gasteiger partial charge in [-0.2, -0.15) is 10.2 Å². The number of rotatable bonds is 9. The Kier molecular flexibility index (Phi) is 7.35. The van der Waals surface area contributed by atoms with Crippen molar-refractivity contribution in [1.82, 2.24) is 10.6 Å². The van der Waals surface area contributed by atoms with E-state index in [2.05, 4.69) is 20.9 Å². The van der Waals surface area contributed by atoms with Crippen molar-refractivity contribution >= 4 is 12.2 Å². The number of nitrogens with one attached hydrogen (secondary N) is 2. The lowest BCUT2D eigenvalue weighted by Crippen LogP contribution is -2.45. The van der Waals surface area contributed by atoms with Crippen molar-refractivity contribution in [3.8, 4) is 0 Å². The molecule has 0 heterocycles. The van der Waals surface area contributed by atoms with Crippen LogP contribution in [0.4, 0.5) is 0 Å². The summed E-state index contributed by atoms with van der Waals surface area (Å²) in [5, 5.41) is 30.2. The van der Waals surface area contributed by atoms with Crippen molar-refractivity contribution in [2.75, 3.05) is 26.3 Å². The number of nitrogens with zero attached hydrogens (tertiary/aromatic N) is 2. The molecule has 0 aliphatic heterocycles. The first kappa shape index (κ1) is 17.6. The Morgan fingerprint density at radius 2 is 1.74 bits per heavy atom. The Hall–Kier alpha value is -1.38. The summed E-state index contributed by atoms with van der Waals surface area (Å²) in [6.07, 6.45) is 0.549. The van der Waals surface area contributed by atoms with E-state index in [-0.39, 0.29) is 26.3 Å². The van der Waals surface area contributed by atoms with Gasteiger partial charge in [0.1, 0.15) is 0 Å². The summed E-state index contributed by atoms with van der Waals surface area (Å²) in [5.74, 6) is -0.402. The Bertz CT molecular complexity index is 333. The molecule has 0 spiro atoms. The van der Waals surface area contributed by atoms with Crippen molar-refractivity contribution in [2.24, 2.45) is 10.2 Å². The fraction of sp³-hybridized carbons (Fsp3) is 0.818. The topological polar surface area (TPSA) is 123 Å². The predicted octanol–water partition coefficient (Wildman–Crippen LogP) is -1.18. The summed E-state index contributed by atoms with van der Waals surface area (Å²) in [6.45, 7) is 4.58. The van der Waals surface area contributed by atoms with Gasteiger partial charge in [0.05, 0.1) is 13.2 Å². The van der Waals surface area contributed by atoms with Crippen LogP contribution in [0.3, 0.4) is 0 Å². The largest absolute Gasteiger partial charge is 0.395 e. The van der Waals surface area contributed by atoms with Gasteiger partial charge in [0, 0.05) is 13.1 Å². The average Bonchev–Trinajstić information content (AvgIpc) is 2.40. The van der Waals surface area contributed by atoms with Crippen LogP contribution < -0.4 is 10.6 Å². The van der Waals surface area contributed by atoms with Gasteiger partial charge in [0.25, 0.3) is 0 Å². The third-order valence-electron chi connectivity index (χ3n) is 2.28. The monoisotopic (exact) mass is 274 g/mol. The van der Waals surface area contributed by atoms with Crippen molar-refractivity contribution in [2.45, 2.75) is 32.0 Å². The average molecular weight is 274 g/mol. The van der Waals surface area contributed by atoms with E-state index in [9.17, 15) is 9.59 Å². The summed E-state index contributed by atoms with van der Waals surface area (Å²) in [5.41, 5.74) is -2.43. The molecular weight excluding hydrogens is 252 g/mol. The minimum absolute atomic E-state index is 0.130. The maximum Gasteiger partial charge on any atom is 0.249 e. The van der Waals surface area contributed by atoms with E-state index in [0.717, 1.165) is 0 Å². The van der Waals surface area contributed by atoms with Crippen LogP contribution in [0.15, 0.2) is 10.2 Å². The van der Waals surface area contributed by atoms with Gasteiger partial charge in [0.2, 0.25) is 5.91 Å². The molecule has 0 aliphatic carbocycles. The highest BCUT2D eigenvalue weighted by Crippen LogP contribution is 2.13. The molecule has 0 aromatic heterocycles. The molecule has 0 fully saturated rings. The molecule has 0 saturated heterocycles. The highest BCUT2D eigenvalue weighted by Gasteiger charge is 2.29. The Labute approximate surface area is 112 Å². The standard InChI is InChI=1S/C11H22N4O4/c1-10(2,9(19)12-4-6-16)14-15-11(3,8-18)13-5-7-17/h8,13,16-17H,4-7H2,1-3H3,(H,12,19). The maximum atomic E-state index is 11.7. The SMILES string of the molecule is CC(C=O)(N=NC(C)(C)C(=O)NCCO)NCCO.